The van der Waals surface area contributed by atoms with Crippen LogP contribution in [0, 0.1) is 0 Å². The average molecular weight is 461 g/mol. The Balaban J connectivity index is 1.93. The van der Waals surface area contributed by atoms with Gasteiger partial charge in [-0.3, -0.25) is 9.59 Å². The highest BCUT2D eigenvalue weighted by Crippen LogP contribution is 2.39. The maximum atomic E-state index is 13.2. The highest BCUT2D eigenvalue weighted by Gasteiger charge is 2.32. The maximum absolute atomic E-state index is 13.2. The lowest BCUT2D eigenvalue weighted by atomic mass is 10.0. The summed E-state index contributed by atoms with van der Waals surface area (Å²) in [4.78, 5) is 22.4. The van der Waals surface area contributed by atoms with Crippen LogP contribution in [-0.2, 0) is 15.8 Å². The van der Waals surface area contributed by atoms with E-state index in [1.165, 1.54) is 13.0 Å². The molecule has 7 nitrogen and oxygen atoms in total. The largest absolute Gasteiger partial charge is 0.476 e. The molecular weight excluding hydrogens is 439 g/mol. The summed E-state index contributed by atoms with van der Waals surface area (Å²) < 4.78 is 50.3. The van der Waals surface area contributed by atoms with Gasteiger partial charge in [0.2, 0.25) is 11.8 Å². The molecule has 3 aromatic rings. The Morgan fingerprint density at radius 2 is 1.73 bits per heavy atom. The monoisotopic (exact) mass is 461 g/mol. The van der Waals surface area contributed by atoms with Crippen LogP contribution >= 0.6 is 0 Å². The van der Waals surface area contributed by atoms with Crippen LogP contribution in [0.5, 0.6) is 11.6 Å². The molecule has 0 atom stereocenters. The number of halogens is 3. The van der Waals surface area contributed by atoms with Crippen molar-refractivity contribution in [1.29, 1.82) is 0 Å². The van der Waals surface area contributed by atoms with Crippen LogP contribution in [-0.4, -0.2) is 35.2 Å². The Hall–Kier alpha value is -3.69. The number of fused-ring (bicyclic) bond motifs is 1. The number of carbonyl (C=O) groups excluding carboxylic acids is 2. The summed E-state index contributed by atoms with van der Waals surface area (Å²) in [7, 11) is 0. The van der Waals surface area contributed by atoms with E-state index in [1.807, 2.05) is 0 Å². The van der Waals surface area contributed by atoms with Crippen LogP contribution in [0.15, 0.2) is 42.5 Å². The highest BCUT2D eigenvalue weighted by molar-refractivity contribution is 5.98. The van der Waals surface area contributed by atoms with Crippen molar-refractivity contribution in [3.05, 3.63) is 48.0 Å². The Kier molecular flexibility index (Phi) is 7.47. The number of benzene rings is 2. The number of carbonyl (C=O) groups is 2. The number of hydrogen-bond donors (Lipinski definition) is 1. The summed E-state index contributed by atoms with van der Waals surface area (Å²) in [6.07, 6.45) is -3.20. The zero-order chi connectivity index (χ0) is 24.0. The van der Waals surface area contributed by atoms with Crippen LogP contribution in [0.25, 0.3) is 22.0 Å². The number of rotatable bonds is 8. The molecule has 0 radical (unpaired) electrons. The van der Waals surface area contributed by atoms with Crippen molar-refractivity contribution in [2.45, 2.75) is 32.9 Å². The number of alkyl halides is 3. The minimum Gasteiger partial charge on any atom is -0.476 e. The molecule has 0 saturated carbocycles. The smallest absolute Gasteiger partial charge is 0.416 e. The summed E-state index contributed by atoms with van der Waals surface area (Å²) in [6, 6.07) is 9.90. The van der Waals surface area contributed by atoms with Gasteiger partial charge in [0.25, 0.3) is 0 Å². The number of amides is 1. The van der Waals surface area contributed by atoms with E-state index in [2.05, 4.69) is 15.5 Å². The van der Waals surface area contributed by atoms with Crippen molar-refractivity contribution in [3.63, 3.8) is 0 Å². The second-order valence-corrected chi connectivity index (χ2v) is 7.24. The first-order valence-electron chi connectivity index (χ1n) is 10.2. The van der Waals surface area contributed by atoms with Crippen molar-refractivity contribution in [2.24, 2.45) is 0 Å². The topological polar surface area (TPSA) is 90.4 Å². The van der Waals surface area contributed by atoms with Crippen LogP contribution in [0.4, 0.5) is 13.2 Å². The zero-order valence-electron chi connectivity index (χ0n) is 18.0. The van der Waals surface area contributed by atoms with Gasteiger partial charge in [-0.05, 0) is 37.1 Å². The second-order valence-electron chi connectivity index (χ2n) is 7.24. The summed E-state index contributed by atoms with van der Waals surface area (Å²) in [6.45, 7) is 3.44. The van der Waals surface area contributed by atoms with E-state index in [0.717, 1.165) is 25.5 Å². The Bertz CT molecular complexity index is 1170. The standard InChI is InChI=1S/C23H22F3N3O4/c1-14(30)27-11-5-6-12-32-22-18-8-4-3-7-17(18)21(28-29-22)19-10-9-16(23(24,25)26)13-20(19)33-15(2)31/h3-4,7-10,13H,5-6,11-12H2,1-2H3,(H,27,30). The van der Waals surface area contributed by atoms with Crippen LogP contribution in [0.2, 0.25) is 0 Å². The van der Waals surface area contributed by atoms with Gasteiger partial charge in [-0.2, -0.15) is 13.2 Å². The second kappa shape index (κ2) is 10.3. The Morgan fingerprint density at radius 3 is 2.39 bits per heavy atom. The summed E-state index contributed by atoms with van der Waals surface area (Å²) in [5.74, 6) is -0.843. The molecule has 0 fully saturated rings. The van der Waals surface area contributed by atoms with Crippen molar-refractivity contribution in [2.75, 3.05) is 13.2 Å². The fourth-order valence-corrected chi connectivity index (χ4v) is 3.18. The van der Waals surface area contributed by atoms with Gasteiger partial charge in [-0.15, -0.1) is 10.2 Å². The van der Waals surface area contributed by atoms with E-state index < -0.39 is 17.7 Å². The number of nitrogens with zero attached hydrogens (tertiary/aromatic N) is 2. The molecule has 10 heteroatoms. The number of ether oxygens (including phenoxy) is 2. The van der Waals surface area contributed by atoms with Gasteiger partial charge in [0.1, 0.15) is 11.4 Å². The van der Waals surface area contributed by atoms with E-state index in [9.17, 15) is 22.8 Å². The fourth-order valence-electron chi connectivity index (χ4n) is 3.18. The predicted octanol–water partition coefficient (Wildman–Crippen LogP) is 4.54. The first-order valence-corrected chi connectivity index (χ1v) is 10.2. The van der Waals surface area contributed by atoms with Crippen molar-refractivity contribution in [1.82, 2.24) is 15.5 Å². The van der Waals surface area contributed by atoms with Gasteiger partial charge in [0, 0.05) is 36.7 Å². The minimum atomic E-state index is -4.60. The quantitative estimate of drug-likeness (QED) is 0.301. The normalized spacial score (nSPS) is 11.3. The SMILES string of the molecule is CC(=O)NCCCCOc1nnc(-c2ccc(C(F)(F)F)cc2OC(C)=O)c2ccccc12. The number of nitrogens with one attached hydrogen (secondary N) is 1. The number of unbranched alkanes of at least 4 members (excludes halogenated alkanes) is 1. The molecule has 1 amide bonds. The molecule has 1 aromatic heterocycles. The Labute approximate surface area is 187 Å². The third kappa shape index (κ3) is 6.18. The minimum absolute atomic E-state index is 0.0974. The third-order valence-electron chi connectivity index (χ3n) is 4.66. The van der Waals surface area contributed by atoms with E-state index in [0.29, 0.717) is 30.3 Å². The lowest BCUT2D eigenvalue weighted by Crippen LogP contribution is -2.21. The van der Waals surface area contributed by atoms with Crippen molar-refractivity contribution >= 4 is 22.6 Å². The molecule has 0 bridgehead atoms. The molecule has 0 spiro atoms. The maximum Gasteiger partial charge on any atom is 0.416 e. The van der Waals surface area contributed by atoms with Gasteiger partial charge in [-0.25, -0.2) is 0 Å². The molecule has 2 aromatic carbocycles. The summed E-state index contributed by atoms with van der Waals surface area (Å²) >= 11 is 0. The molecule has 0 unspecified atom stereocenters. The van der Waals surface area contributed by atoms with Crippen molar-refractivity contribution < 1.29 is 32.2 Å². The molecule has 0 aliphatic carbocycles. The van der Waals surface area contributed by atoms with E-state index in [-0.39, 0.29) is 28.8 Å². The molecule has 174 valence electrons. The van der Waals surface area contributed by atoms with E-state index >= 15 is 0 Å². The van der Waals surface area contributed by atoms with Crippen molar-refractivity contribution in [3.8, 4) is 22.9 Å². The van der Waals surface area contributed by atoms with Gasteiger partial charge >= 0.3 is 12.1 Å². The van der Waals surface area contributed by atoms with Crippen LogP contribution in [0.3, 0.4) is 0 Å². The number of esters is 1. The molecule has 0 aliphatic heterocycles. The number of hydrogen-bond acceptors (Lipinski definition) is 6. The van der Waals surface area contributed by atoms with Gasteiger partial charge in [0.15, 0.2) is 0 Å². The molecule has 0 saturated heterocycles. The fraction of sp³-hybridized carbons (Fsp3) is 0.304. The van der Waals surface area contributed by atoms with Crippen LogP contribution < -0.4 is 14.8 Å². The lowest BCUT2D eigenvalue weighted by Gasteiger charge is -2.15. The molecule has 1 heterocycles. The molecule has 0 aliphatic rings. The van der Waals surface area contributed by atoms with Crippen LogP contribution in [0.1, 0.15) is 32.3 Å². The van der Waals surface area contributed by atoms with Gasteiger partial charge in [0.05, 0.1) is 12.2 Å². The summed E-state index contributed by atoms with van der Waals surface area (Å²) in [5, 5.41) is 12.2. The predicted molar refractivity (Wildman–Crippen MR) is 115 cm³/mol. The van der Waals surface area contributed by atoms with Gasteiger partial charge < -0.3 is 14.8 Å². The van der Waals surface area contributed by atoms with Gasteiger partial charge in [-0.1, -0.05) is 18.2 Å². The highest BCUT2D eigenvalue weighted by atomic mass is 19.4. The van der Waals surface area contributed by atoms with E-state index in [1.54, 1.807) is 24.3 Å². The lowest BCUT2D eigenvalue weighted by molar-refractivity contribution is -0.138. The first-order chi connectivity index (χ1) is 15.7. The molecule has 33 heavy (non-hydrogen) atoms. The Morgan fingerprint density at radius 1 is 1.00 bits per heavy atom. The molecular formula is C23H22F3N3O4. The average Bonchev–Trinajstić information content (AvgIpc) is 2.75. The number of aromatic nitrogens is 2. The molecule has 3 rings (SSSR count). The summed E-state index contributed by atoms with van der Waals surface area (Å²) in [5.41, 5.74) is -0.490. The zero-order valence-corrected chi connectivity index (χ0v) is 18.0. The third-order valence-corrected chi connectivity index (χ3v) is 4.66. The molecule has 1 N–H and O–H groups in total. The van der Waals surface area contributed by atoms with E-state index in [4.69, 9.17) is 9.47 Å². The first kappa shape index (κ1) is 24.0.